The van der Waals surface area contributed by atoms with Gasteiger partial charge in [0.25, 0.3) is 5.56 Å². The molecule has 0 saturated heterocycles. The molecule has 8 heteroatoms. The van der Waals surface area contributed by atoms with Crippen molar-refractivity contribution in [1.29, 1.82) is 0 Å². The Labute approximate surface area is 209 Å². The number of aromatic amines is 1. The molecule has 1 N–H and O–H groups in total. The van der Waals surface area contributed by atoms with Crippen LogP contribution in [0.1, 0.15) is 31.2 Å². The zero-order valence-corrected chi connectivity index (χ0v) is 20.8. The summed E-state index contributed by atoms with van der Waals surface area (Å²) in [6, 6.07) is 22.5. The molecule has 0 atom stereocenters. The number of unbranched alkanes of at least 4 members (excludes halogenated alkanes) is 1. The van der Waals surface area contributed by atoms with Gasteiger partial charge in [-0.2, -0.15) is 10.2 Å². The van der Waals surface area contributed by atoms with E-state index in [0.717, 1.165) is 58.5 Å². The molecule has 3 aromatic carbocycles. The van der Waals surface area contributed by atoms with Gasteiger partial charge in [0.05, 0.1) is 10.9 Å². The molecule has 182 valence electrons. The molecule has 0 saturated carbocycles. The number of hydrogen-bond donors (Lipinski definition) is 1. The Hall–Kier alpha value is -4.33. The van der Waals surface area contributed by atoms with Gasteiger partial charge in [-0.05, 0) is 46.5 Å². The first-order valence-electron chi connectivity index (χ1n) is 12.2. The molecule has 0 unspecified atom stereocenters. The highest BCUT2D eigenvalue weighted by Gasteiger charge is 2.14. The second-order valence-corrected chi connectivity index (χ2v) is 9.10. The number of anilines is 1. The van der Waals surface area contributed by atoms with Crippen LogP contribution in [0.4, 0.5) is 5.69 Å². The van der Waals surface area contributed by atoms with Crippen molar-refractivity contribution in [3.05, 3.63) is 88.5 Å². The van der Waals surface area contributed by atoms with E-state index in [9.17, 15) is 4.79 Å². The highest BCUT2D eigenvalue weighted by Crippen LogP contribution is 2.30. The first kappa shape index (κ1) is 23.4. The number of aryl methyl sites for hydroxylation is 1. The van der Waals surface area contributed by atoms with Gasteiger partial charge in [0.15, 0.2) is 0 Å². The Balaban J connectivity index is 1.53. The van der Waals surface area contributed by atoms with Crippen molar-refractivity contribution < 1.29 is 0 Å². The summed E-state index contributed by atoms with van der Waals surface area (Å²) in [4.78, 5) is 19.4. The summed E-state index contributed by atoms with van der Waals surface area (Å²) in [7, 11) is 3.95. The second-order valence-electron chi connectivity index (χ2n) is 9.10. The van der Waals surface area contributed by atoms with Gasteiger partial charge in [-0.1, -0.05) is 61.9 Å². The molecular weight excluding hydrogens is 450 g/mol. The quantitative estimate of drug-likeness (QED) is 0.347. The van der Waals surface area contributed by atoms with Gasteiger partial charge in [-0.25, -0.2) is 0 Å². The van der Waals surface area contributed by atoms with Crippen LogP contribution in [0.25, 0.3) is 33.4 Å². The Morgan fingerprint density at radius 1 is 0.972 bits per heavy atom. The normalized spacial score (nSPS) is 11.2. The average molecular weight is 480 g/mol. The molecule has 36 heavy (non-hydrogen) atoms. The van der Waals surface area contributed by atoms with Crippen LogP contribution in [-0.4, -0.2) is 44.3 Å². The maximum atomic E-state index is 12.9. The third kappa shape index (κ3) is 4.62. The Morgan fingerprint density at radius 3 is 2.44 bits per heavy atom. The first-order valence-corrected chi connectivity index (χ1v) is 12.2. The van der Waals surface area contributed by atoms with Crippen molar-refractivity contribution in [1.82, 2.24) is 30.2 Å². The van der Waals surface area contributed by atoms with Crippen molar-refractivity contribution in [2.24, 2.45) is 0 Å². The molecule has 0 radical (unpaired) electrons. The third-order valence-corrected chi connectivity index (χ3v) is 6.43. The molecule has 0 amide bonds. The van der Waals surface area contributed by atoms with E-state index in [2.05, 4.69) is 73.5 Å². The van der Waals surface area contributed by atoms with E-state index in [0.29, 0.717) is 17.8 Å². The van der Waals surface area contributed by atoms with E-state index in [-0.39, 0.29) is 5.56 Å². The van der Waals surface area contributed by atoms with Gasteiger partial charge in [0.2, 0.25) is 5.82 Å². The maximum Gasteiger partial charge on any atom is 0.280 e. The number of tetrazole rings is 1. The number of nitrogens with one attached hydrogen (secondary N) is 1. The van der Waals surface area contributed by atoms with Gasteiger partial charge >= 0.3 is 0 Å². The van der Waals surface area contributed by atoms with Crippen LogP contribution in [0.5, 0.6) is 0 Å². The summed E-state index contributed by atoms with van der Waals surface area (Å²) < 4.78 is 2.19. The van der Waals surface area contributed by atoms with E-state index >= 15 is 0 Å². The molecule has 5 aromatic rings. The summed E-state index contributed by atoms with van der Waals surface area (Å²) in [6.07, 6.45) is 2.80. The number of H-pyrrole nitrogens is 1. The summed E-state index contributed by atoms with van der Waals surface area (Å²) >= 11 is 0. The zero-order chi connectivity index (χ0) is 25.1. The predicted octanol–water partition coefficient (Wildman–Crippen LogP) is 4.70. The zero-order valence-electron chi connectivity index (χ0n) is 20.8. The molecule has 0 bridgehead atoms. The Morgan fingerprint density at radius 2 is 1.75 bits per heavy atom. The van der Waals surface area contributed by atoms with E-state index < -0.39 is 0 Å². The van der Waals surface area contributed by atoms with Crippen LogP contribution in [0.15, 0.2) is 71.5 Å². The van der Waals surface area contributed by atoms with Gasteiger partial charge < -0.3 is 9.47 Å². The fourth-order valence-electron chi connectivity index (χ4n) is 4.47. The lowest BCUT2D eigenvalue weighted by Crippen LogP contribution is -2.20. The van der Waals surface area contributed by atoms with Gasteiger partial charge in [0, 0.05) is 38.3 Å². The molecule has 0 aliphatic rings. The highest BCUT2D eigenvalue weighted by molar-refractivity contribution is 5.83. The monoisotopic (exact) mass is 479 g/mol. The molecule has 0 spiro atoms. The van der Waals surface area contributed by atoms with Gasteiger partial charge in [0.1, 0.15) is 5.82 Å². The number of hydrogen-bond acceptors (Lipinski definition) is 6. The minimum atomic E-state index is -0.163. The van der Waals surface area contributed by atoms with E-state index in [4.69, 9.17) is 0 Å². The number of rotatable bonds is 8. The third-order valence-electron chi connectivity index (χ3n) is 6.43. The molecule has 0 aliphatic carbocycles. The maximum absolute atomic E-state index is 12.9. The number of nitrogens with zero attached hydrogens (tertiary/aromatic N) is 6. The van der Waals surface area contributed by atoms with Crippen molar-refractivity contribution in [2.75, 3.05) is 19.0 Å². The summed E-state index contributed by atoms with van der Waals surface area (Å²) in [6.45, 7) is 2.79. The van der Waals surface area contributed by atoms with Gasteiger partial charge in [-0.3, -0.25) is 4.79 Å². The minimum Gasteiger partial charge on any atom is -0.378 e. The molecule has 0 fully saturated rings. The second kappa shape index (κ2) is 10.1. The SMILES string of the molecule is CCCCc1nc(=O)c2cc(N(C)C)ccc2n1Cc1ccc(-c2ccccc2-c2nn[nH]n2)cc1. The Bertz CT molecular complexity index is 1540. The highest BCUT2D eigenvalue weighted by atomic mass is 16.1. The first-order chi connectivity index (χ1) is 17.5. The van der Waals surface area contributed by atoms with Crippen LogP contribution in [0.2, 0.25) is 0 Å². The lowest BCUT2D eigenvalue weighted by atomic mass is 9.98. The molecule has 2 heterocycles. The van der Waals surface area contributed by atoms with Crippen molar-refractivity contribution in [3.8, 4) is 22.5 Å². The molecule has 2 aromatic heterocycles. The average Bonchev–Trinajstić information content (AvgIpc) is 3.44. The lowest BCUT2D eigenvalue weighted by molar-refractivity contribution is 0.669. The smallest absolute Gasteiger partial charge is 0.280 e. The molecule has 5 rings (SSSR count). The number of benzene rings is 3. The fourth-order valence-corrected chi connectivity index (χ4v) is 4.47. The van der Waals surface area contributed by atoms with Crippen molar-refractivity contribution in [2.45, 2.75) is 32.7 Å². The molecule has 8 nitrogen and oxygen atoms in total. The van der Waals surface area contributed by atoms with Crippen LogP contribution in [0, 0.1) is 0 Å². The van der Waals surface area contributed by atoms with Crippen LogP contribution < -0.4 is 10.5 Å². The van der Waals surface area contributed by atoms with E-state index in [1.54, 1.807) is 0 Å². The van der Waals surface area contributed by atoms with Crippen LogP contribution in [0.3, 0.4) is 0 Å². The minimum absolute atomic E-state index is 0.163. The number of aromatic nitrogens is 6. The van der Waals surface area contributed by atoms with Crippen molar-refractivity contribution in [3.63, 3.8) is 0 Å². The molecule has 0 aliphatic heterocycles. The summed E-state index contributed by atoms with van der Waals surface area (Å²) in [5.41, 5.74) is 5.91. The topological polar surface area (TPSA) is 92.6 Å². The fraction of sp³-hybridized carbons (Fsp3) is 0.250. The summed E-state index contributed by atoms with van der Waals surface area (Å²) in [5, 5.41) is 15.2. The largest absolute Gasteiger partial charge is 0.378 e. The van der Waals surface area contributed by atoms with Crippen LogP contribution >= 0.6 is 0 Å². The summed E-state index contributed by atoms with van der Waals surface area (Å²) in [5.74, 6) is 1.40. The lowest BCUT2D eigenvalue weighted by Gasteiger charge is -2.18. The Kier molecular flexibility index (Phi) is 6.58. The van der Waals surface area contributed by atoms with Crippen LogP contribution in [-0.2, 0) is 13.0 Å². The standard InChI is InChI=1S/C28H29N7O/c1-4-5-10-26-29-28(36)24-17-21(34(2)3)15-16-25(24)35(26)18-19-11-13-20(14-12-19)22-8-6-7-9-23(22)27-30-32-33-31-27/h6-9,11-17H,4-5,10,18H2,1-3H3,(H,30,31,32,33). The molecular formula is C28H29N7O. The van der Waals surface area contributed by atoms with Crippen molar-refractivity contribution >= 4 is 16.6 Å². The van der Waals surface area contributed by atoms with Gasteiger partial charge in [-0.15, -0.1) is 10.2 Å². The van der Waals surface area contributed by atoms with E-state index in [1.165, 1.54) is 0 Å². The van der Waals surface area contributed by atoms with E-state index in [1.807, 2.05) is 49.3 Å². The predicted molar refractivity (Wildman–Crippen MR) is 143 cm³/mol. The number of fused-ring (bicyclic) bond motifs is 1.